The van der Waals surface area contributed by atoms with Crippen molar-refractivity contribution in [3.8, 4) is 34.5 Å². The second kappa shape index (κ2) is 13.4. The van der Waals surface area contributed by atoms with E-state index in [1.807, 2.05) is 91.9 Å². The number of nitriles is 1. The minimum absolute atomic E-state index is 0.0549. The number of hydrogen-bond acceptors (Lipinski definition) is 5. The molecule has 1 heterocycles. The molecule has 0 aliphatic heterocycles. The minimum atomic E-state index is -0.522. The van der Waals surface area contributed by atoms with E-state index in [-0.39, 0.29) is 5.57 Å². The van der Waals surface area contributed by atoms with Crippen LogP contribution in [0.4, 0.5) is 5.69 Å². The van der Waals surface area contributed by atoms with Gasteiger partial charge in [-0.25, -0.2) is 4.68 Å². The van der Waals surface area contributed by atoms with Crippen LogP contribution in [0.5, 0.6) is 11.5 Å². The lowest BCUT2D eigenvalue weighted by atomic mass is 10.1. The SMILES string of the molecule is CCOc1ccc(NC(=O)/C(C#N)=C/c2cn(-c3ccccc3)nc2-c2ccc(OCc3ccc(Cl)cc3)cc2)cc1. The van der Waals surface area contributed by atoms with Crippen LogP contribution in [0.2, 0.25) is 5.02 Å². The third-order valence-corrected chi connectivity index (χ3v) is 6.55. The molecule has 0 aliphatic rings. The topological polar surface area (TPSA) is 89.2 Å². The van der Waals surface area contributed by atoms with E-state index < -0.39 is 5.91 Å². The van der Waals surface area contributed by atoms with Gasteiger partial charge in [-0.05, 0) is 91.4 Å². The number of nitrogens with zero attached hydrogens (tertiary/aromatic N) is 3. The first-order valence-corrected chi connectivity index (χ1v) is 13.7. The number of amides is 1. The summed E-state index contributed by atoms with van der Waals surface area (Å²) >= 11 is 5.97. The summed E-state index contributed by atoms with van der Waals surface area (Å²) in [6.07, 6.45) is 3.35. The number of rotatable bonds is 10. The smallest absolute Gasteiger partial charge is 0.266 e. The molecule has 0 spiro atoms. The van der Waals surface area contributed by atoms with Gasteiger partial charge in [-0.1, -0.05) is 41.9 Å². The highest BCUT2D eigenvalue weighted by Crippen LogP contribution is 2.28. The van der Waals surface area contributed by atoms with Crippen LogP contribution in [0.3, 0.4) is 0 Å². The Morgan fingerprint density at radius 1 is 0.929 bits per heavy atom. The Kier molecular flexibility index (Phi) is 8.97. The Bertz CT molecular complexity index is 1720. The molecule has 0 saturated heterocycles. The molecule has 5 aromatic rings. The van der Waals surface area contributed by atoms with E-state index in [1.165, 1.54) is 0 Å². The van der Waals surface area contributed by atoms with Crippen LogP contribution in [0.25, 0.3) is 23.0 Å². The van der Waals surface area contributed by atoms with Crippen molar-refractivity contribution in [2.75, 3.05) is 11.9 Å². The van der Waals surface area contributed by atoms with Gasteiger partial charge in [-0.2, -0.15) is 10.4 Å². The Balaban J connectivity index is 1.41. The van der Waals surface area contributed by atoms with Gasteiger partial charge < -0.3 is 14.8 Å². The maximum atomic E-state index is 13.1. The van der Waals surface area contributed by atoms with Crippen LogP contribution >= 0.6 is 11.6 Å². The molecule has 0 unspecified atom stereocenters. The van der Waals surface area contributed by atoms with E-state index in [2.05, 4.69) is 5.32 Å². The number of para-hydroxylation sites is 1. The summed E-state index contributed by atoms with van der Waals surface area (Å²) < 4.78 is 13.1. The molecule has 1 aromatic heterocycles. The van der Waals surface area contributed by atoms with Gasteiger partial charge in [0, 0.05) is 28.0 Å². The Labute approximate surface area is 249 Å². The monoisotopic (exact) mass is 574 g/mol. The van der Waals surface area contributed by atoms with Gasteiger partial charge in [0.25, 0.3) is 5.91 Å². The molecule has 5 rings (SSSR count). The second-order valence-electron chi connectivity index (χ2n) is 9.23. The van der Waals surface area contributed by atoms with Crippen LogP contribution in [0.15, 0.2) is 115 Å². The first kappa shape index (κ1) is 28.2. The van der Waals surface area contributed by atoms with E-state index in [0.29, 0.717) is 46.7 Å². The highest BCUT2D eigenvalue weighted by molar-refractivity contribution is 6.30. The maximum absolute atomic E-state index is 13.1. The Morgan fingerprint density at radius 2 is 1.60 bits per heavy atom. The van der Waals surface area contributed by atoms with Crippen molar-refractivity contribution in [3.05, 3.63) is 131 Å². The zero-order chi connectivity index (χ0) is 29.3. The molecule has 0 saturated carbocycles. The van der Waals surface area contributed by atoms with Crippen LogP contribution in [-0.2, 0) is 11.4 Å². The van der Waals surface area contributed by atoms with E-state index in [9.17, 15) is 10.1 Å². The van der Waals surface area contributed by atoms with E-state index in [1.54, 1.807) is 41.2 Å². The number of hydrogen-bond donors (Lipinski definition) is 1. The van der Waals surface area contributed by atoms with Crippen LogP contribution in [0, 0.1) is 11.3 Å². The number of anilines is 1. The molecule has 0 fully saturated rings. The minimum Gasteiger partial charge on any atom is -0.494 e. The predicted molar refractivity (Wildman–Crippen MR) is 165 cm³/mol. The van der Waals surface area contributed by atoms with Gasteiger partial charge in [-0.15, -0.1) is 0 Å². The largest absolute Gasteiger partial charge is 0.494 e. The van der Waals surface area contributed by atoms with Gasteiger partial charge in [0.15, 0.2) is 0 Å². The molecule has 7 nitrogen and oxygen atoms in total. The third-order valence-electron chi connectivity index (χ3n) is 6.30. The average molecular weight is 575 g/mol. The summed E-state index contributed by atoms with van der Waals surface area (Å²) in [6.45, 7) is 2.85. The third kappa shape index (κ3) is 7.05. The number of benzene rings is 4. The van der Waals surface area contributed by atoms with Crippen molar-refractivity contribution < 1.29 is 14.3 Å². The molecule has 1 amide bonds. The number of halogens is 1. The van der Waals surface area contributed by atoms with Crippen LogP contribution in [0.1, 0.15) is 18.1 Å². The lowest BCUT2D eigenvalue weighted by molar-refractivity contribution is -0.112. The number of nitrogens with one attached hydrogen (secondary N) is 1. The highest BCUT2D eigenvalue weighted by Gasteiger charge is 2.16. The molecule has 208 valence electrons. The molecule has 0 atom stereocenters. The lowest BCUT2D eigenvalue weighted by Gasteiger charge is -2.08. The van der Waals surface area contributed by atoms with Crippen molar-refractivity contribution in [3.63, 3.8) is 0 Å². The van der Waals surface area contributed by atoms with Gasteiger partial charge in [-0.3, -0.25) is 4.79 Å². The molecule has 0 radical (unpaired) electrons. The van der Waals surface area contributed by atoms with Crippen LogP contribution < -0.4 is 14.8 Å². The summed E-state index contributed by atoms with van der Waals surface area (Å²) in [7, 11) is 0. The molecule has 0 bridgehead atoms. The summed E-state index contributed by atoms with van der Waals surface area (Å²) in [5, 5.41) is 18.2. The number of ether oxygens (including phenoxy) is 2. The van der Waals surface area contributed by atoms with Gasteiger partial charge >= 0.3 is 0 Å². The summed E-state index contributed by atoms with van der Waals surface area (Å²) in [6, 6.07) is 33.7. The fourth-order valence-electron chi connectivity index (χ4n) is 4.19. The molecular weight excluding hydrogens is 548 g/mol. The quantitative estimate of drug-likeness (QED) is 0.136. The Hall–Kier alpha value is -5.32. The van der Waals surface area contributed by atoms with Gasteiger partial charge in [0.2, 0.25) is 0 Å². The van der Waals surface area contributed by atoms with Crippen molar-refractivity contribution in [1.29, 1.82) is 5.26 Å². The zero-order valence-electron chi connectivity index (χ0n) is 22.8. The lowest BCUT2D eigenvalue weighted by Crippen LogP contribution is -2.13. The fourth-order valence-corrected chi connectivity index (χ4v) is 4.32. The molecule has 42 heavy (non-hydrogen) atoms. The van der Waals surface area contributed by atoms with E-state index >= 15 is 0 Å². The molecule has 4 aromatic carbocycles. The van der Waals surface area contributed by atoms with Crippen molar-refractivity contribution >= 4 is 29.3 Å². The molecule has 1 N–H and O–H groups in total. The van der Waals surface area contributed by atoms with Crippen LogP contribution in [-0.4, -0.2) is 22.3 Å². The standard InChI is InChI=1S/C34H27ClN4O3/c1-2-41-31-18-14-29(15-19-31)37-34(40)26(21-36)20-27-22-39(30-6-4-3-5-7-30)38-33(27)25-10-16-32(17-11-25)42-23-24-8-12-28(35)13-9-24/h3-20,22H,2,23H2,1H3,(H,37,40)/b26-20+. The molecular formula is C34H27ClN4O3. The second-order valence-corrected chi connectivity index (χ2v) is 9.67. The first-order chi connectivity index (χ1) is 20.5. The van der Waals surface area contributed by atoms with Gasteiger partial charge in [0.05, 0.1) is 18.0 Å². The normalized spacial score (nSPS) is 11.0. The number of carbonyl (C=O) groups is 1. The highest BCUT2D eigenvalue weighted by atomic mass is 35.5. The maximum Gasteiger partial charge on any atom is 0.266 e. The first-order valence-electron chi connectivity index (χ1n) is 13.3. The van der Waals surface area contributed by atoms with E-state index in [4.69, 9.17) is 26.2 Å². The molecule has 8 heteroatoms. The number of aromatic nitrogens is 2. The van der Waals surface area contributed by atoms with Gasteiger partial charge in [0.1, 0.15) is 29.7 Å². The van der Waals surface area contributed by atoms with Crippen molar-refractivity contribution in [2.45, 2.75) is 13.5 Å². The molecule has 0 aliphatic carbocycles. The summed E-state index contributed by atoms with van der Waals surface area (Å²) in [5.74, 6) is 0.873. The van der Waals surface area contributed by atoms with Crippen molar-refractivity contribution in [2.24, 2.45) is 0 Å². The van der Waals surface area contributed by atoms with E-state index in [0.717, 1.165) is 16.8 Å². The number of carbonyl (C=O) groups excluding carboxylic acids is 1. The predicted octanol–water partition coefficient (Wildman–Crippen LogP) is 7.72. The summed E-state index contributed by atoms with van der Waals surface area (Å²) in [5.41, 5.74) is 4.39. The van der Waals surface area contributed by atoms with Crippen molar-refractivity contribution in [1.82, 2.24) is 9.78 Å². The fraction of sp³-hybridized carbons (Fsp3) is 0.0882. The summed E-state index contributed by atoms with van der Waals surface area (Å²) in [4.78, 5) is 13.1. The zero-order valence-corrected chi connectivity index (χ0v) is 23.6. The average Bonchev–Trinajstić information content (AvgIpc) is 3.45. The Morgan fingerprint density at radius 3 is 2.26 bits per heavy atom.